The maximum absolute atomic E-state index is 12.3. The van der Waals surface area contributed by atoms with E-state index in [9.17, 15) is 14.4 Å². The fraction of sp³-hybridized carbons (Fsp3) is 0. The largest absolute Gasteiger partial charge is 0.422 e. The number of aromatic nitrogens is 1. The molecule has 0 aliphatic rings. The first-order chi connectivity index (χ1) is 13.0. The molecule has 8 heteroatoms. The zero-order chi connectivity index (χ0) is 19.0. The molecular weight excluding hydrogens is 414 g/mol. The van der Waals surface area contributed by atoms with Crippen LogP contribution >= 0.6 is 15.9 Å². The van der Waals surface area contributed by atoms with Crippen LogP contribution in [0, 0.1) is 0 Å². The summed E-state index contributed by atoms with van der Waals surface area (Å²) in [5.41, 5.74) is 4.97. The summed E-state index contributed by atoms with van der Waals surface area (Å²) >= 11 is 3.37. The van der Waals surface area contributed by atoms with Gasteiger partial charge in [-0.15, -0.1) is 0 Å². The van der Waals surface area contributed by atoms with Gasteiger partial charge in [0.25, 0.3) is 11.8 Å². The number of H-pyrrole nitrogens is 1. The van der Waals surface area contributed by atoms with E-state index in [0.29, 0.717) is 11.0 Å². The summed E-state index contributed by atoms with van der Waals surface area (Å²) in [4.78, 5) is 39.5. The third kappa shape index (κ3) is 3.34. The normalized spacial score (nSPS) is 10.9. The van der Waals surface area contributed by atoms with Crippen molar-refractivity contribution in [2.45, 2.75) is 0 Å². The molecule has 0 aliphatic heterocycles. The SMILES string of the molecule is O=C(NNC(=O)c1cc2ccccc2oc1=O)c1cc2cc(Br)ccc2[nH]1. The van der Waals surface area contributed by atoms with E-state index < -0.39 is 17.4 Å². The van der Waals surface area contributed by atoms with Crippen molar-refractivity contribution in [2.75, 3.05) is 0 Å². The van der Waals surface area contributed by atoms with E-state index in [-0.39, 0.29) is 11.3 Å². The van der Waals surface area contributed by atoms with E-state index in [0.717, 1.165) is 15.4 Å². The molecule has 7 nitrogen and oxygen atoms in total. The summed E-state index contributed by atoms with van der Waals surface area (Å²) in [6, 6.07) is 15.5. The number of hydrazine groups is 1. The topological polar surface area (TPSA) is 104 Å². The highest BCUT2D eigenvalue weighted by Crippen LogP contribution is 2.20. The Labute approximate surface area is 160 Å². The summed E-state index contributed by atoms with van der Waals surface area (Å²) in [7, 11) is 0. The number of halogens is 1. The lowest BCUT2D eigenvalue weighted by molar-refractivity contribution is 0.0842. The molecule has 4 rings (SSSR count). The molecule has 2 aromatic carbocycles. The van der Waals surface area contributed by atoms with E-state index >= 15 is 0 Å². The van der Waals surface area contributed by atoms with Crippen LogP contribution in [-0.4, -0.2) is 16.8 Å². The smallest absolute Gasteiger partial charge is 0.349 e. The Hall–Kier alpha value is -3.39. The Morgan fingerprint density at radius 1 is 0.926 bits per heavy atom. The molecule has 3 N–H and O–H groups in total. The number of hydrogen-bond donors (Lipinski definition) is 3. The average Bonchev–Trinajstić information content (AvgIpc) is 3.08. The van der Waals surface area contributed by atoms with Crippen molar-refractivity contribution < 1.29 is 14.0 Å². The summed E-state index contributed by atoms with van der Waals surface area (Å²) < 4.78 is 6.00. The van der Waals surface area contributed by atoms with Crippen molar-refractivity contribution >= 4 is 49.6 Å². The minimum atomic E-state index is -0.782. The molecule has 0 radical (unpaired) electrons. The number of amides is 2. The molecular formula is C19H12BrN3O4. The molecule has 0 aliphatic carbocycles. The summed E-state index contributed by atoms with van der Waals surface area (Å²) in [6.07, 6.45) is 0. The minimum Gasteiger partial charge on any atom is -0.422 e. The number of para-hydroxylation sites is 1. The molecule has 0 saturated heterocycles. The van der Waals surface area contributed by atoms with Crippen molar-refractivity contribution in [3.63, 3.8) is 0 Å². The van der Waals surface area contributed by atoms with Crippen molar-refractivity contribution in [2.24, 2.45) is 0 Å². The second-order valence-electron chi connectivity index (χ2n) is 5.81. The van der Waals surface area contributed by atoms with Crippen LogP contribution in [0.1, 0.15) is 20.8 Å². The van der Waals surface area contributed by atoms with Gasteiger partial charge in [0.05, 0.1) is 0 Å². The number of hydrogen-bond acceptors (Lipinski definition) is 4. The molecule has 0 atom stereocenters. The van der Waals surface area contributed by atoms with Gasteiger partial charge in [-0.1, -0.05) is 34.1 Å². The Morgan fingerprint density at radius 3 is 2.56 bits per heavy atom. The first-order valence-corrected chi connectivity index (χ1v) is 8.72. The molecule has 2 amide bonds. The van der Waals surface area contributed by atoms with Gasteiger partial charge in [-0.3, -0.25) is 20.4 Å². The molecule has 0 fully saturated rings. The summed E-state index contributed by atoms with van der Waals surface area (Å²) in [6.45, 7) is 0. The van der Waals surface area contributed by atoms with E-state index in [1.165, 1.54) is 6.07 Å². The van der Waals surface area contributed by atoms with Crippen molar-refractivity contribution in [3.8, 4) is 0 Å². The van der Waals surface area contributed by atoms with Crippen LogP contribution in [0.25, 0.3) is 21.9 Å². The summed E-state index contributed by atoms with van der Waals surface area (Å²) in [5, 5.41) is 1.45. The number of benzene rings is 2. The Bertz CT molecular complexity index is 1260. The predicted molar refractivity (Wildman–Crippen MR) is 103 cm³/mol. The van der Waals surface area contributed by atoms with Gasteiger partial charge in [-0.05, 0) is 36.4 Å². The van der Waals surface area contributed by atoms with Crippen LogP contribution in [0.5, 0.6) is 0 Å². The van der Waals surface area contributed by atoms with Gasteiger partial charge in [0.2, 0.25) is 0 Å². The van der Waals surface area contributed by atoms with Gasteiger partial charge in [0, 0.05) is 20.8 Å². The van der Waals surface area contributed by atoms with Crippen LogP contribution in [0.3, 0.4) is 0 Å². The zero-order valence-electron chi connectivity index (χ0n) is 13.7. The average molecular weight is 426 g/mol. The number of carbonyl (C=O) groups excluding carboxylic acids is 2. The predicted octanol–water partition coefficient (Wildman–Crippen LogP) is 3.11. The van der Waals surface area contributed by atoms with E-state index in [4.69, 9.17) is 4.42 Å². The van der Waals surface area contributed by atoms with Crippen LogP contribution < -0.4 is 16.5 Å². The molecule has 27 heavy (non-hydrogen) atoms. The van der Waals surface area contributed by atoms with Crippen LogP contribution in [0.2, 0.25) is 0 Å². The van der Waals surface area contributed by atoms with Gasteiger partial charge in [-0.2, -0.15) is 0 Å². The number of nitrogens with one attached hydrogen (secondary N) is 3. The highest BCUT2D eigenvalue weighted by molar-refractivity contribution is 9.10. The Balaban J connectivity index is 1.52. The maximum atomic E-state index is 12.3. The lowest BCUT2D eigenvalue weighted by Gasteiger charge is -2.06. The highest BCUT2D eigenvalue weighted by atomic mass is 79.9. The lowest BCUT2D eigenvalue weighted by atomic mass is 10.2. The second kappa shape index (κ2) is 6.73. The molecule has 2 aromatic heterocycles. The standard InChI is InChI=1S/C19H12BrN3O4/c20-12-5-6-14-11(7-12)9-15(21-14)18(25)23-22-17(24)13-8-10-3-1-2-4-16(10)27-19(13)26/h1-9,21H,(H,22,24)(H,23,25). The lowest BCUT2D eigenvalue weighted by Crippen LogP contribution is -2.43. The van der Waals surface area contributed by atoms with Gasteiger partial charge in [-0.25, -0.2) is 4.79 Å². The number of carbonyl (C=O) groups is 2. The Kier molecular flexibility index (Phi) is 4.25. The van der Waals surface area contributed by atoms with Gasteiger partial charge in [0.15, 0.2) is 0 Å². The molecule has 0 unspecified atom stereocenters. The molecule has 0 spiro atoms. The van der Waals surface area contributed by atoms with E-state index in [1.807, 2.05) is 18.2 Å². The summed E-state index contributed by atoms with van der Waals surface area (Å²) in [5.74, 6) is -1.30. The third-order valence-electron chi connectivity index (χ3n) is 4.00. The molecule has 4 aromatic rings. The second-order valence-corrected chi connectivity index (χ2v) is 6.72. The van der Waals surface area contributed by atoms with Gasteiger partial charge < -0.3 is 9.40 Å². The number of rotatable bonds is 2. The van der Waals surface area contributed by atoms with Gasteiger partial charge in [0.1, 0.15) is 16.8 Å². The fourth-order valence-corrected chi connectivity index (χ4v) is 3.07. The van der Waals surface area contributed by atoms with Crippen molar-refractivity contribution in [3.05, 3.63) is 80.7 Å². The molecule has 0 bridgehead atoms. The first-order valence-electron chi connectivity index (χ1n) is 7.93. The Morgan fingerprint density at radius 2 is 1.70 bits per heavy atom. The van der Waals surface area contributed by atoms with Crippen molar-refractivity contribution in [1.29, 1.82) is 0 Å². The first kappa shape index (κ1) is 17.0. The molecule has 134 valence electrons. The number of fused-ring (bicyclic) bond motifs is 2. The molecule has 0 saturated carbocycles. The zero-order valence-corrected chi connectivity index (χ0v) is 15.3. The quantitative estimate of drug-likeness (QED) is 0.339. The minimum absolute atomic E-state index is 0.199. The van der Waals surface area contributed by atoms with E-state index in [1.54, 1.807) is 30.3 Å². The monoisotopic (exact) mass is 425 g/mol. The molecule has 2 heterocycles. The maximum Gasteiger partial charge on any atom is 0.349 e. The van der Waals surface area contributed by atoms with E-state index in [2.05, 4.69) is 31.8 Å². The fourth-order valence-electron chi connectivity index (χ4n) is 2.69. The third-order valence-corrected chi connectivity index (χ3v) is 4.50. The van der Waals surface area contributed by atoms with Crippen molar-refractivity contribution in [1.82, 2.24) is 15.8 Å². The van der Waals surface area contributed by atoms with Crippen LogP contribution in [-0.2, 0) is 0 Å². The number of aromatic amines is 1. The highest BCUT2D eigenvalue weighted by Gasteiger charge is 2.16. The van der Waals surface area contributed by atoms with Gasteiger partial charge >= 0.3 is 5.63 Å². The van der Waals surface area contributed by atoms with Crippen LogP contribution in [0.15, 0.2) is 68.3 Å². The van der Waals surface area contributed by atoms with Crippen LogP contribution in [0.4, 0.5) is 0 Å².